The first kappa shape index (κ1) is 36.2. The van der Waals surface area contributed by atoms with Crippen molar-refractivity contribution in [3.8, 4) is 11.8 Å². The molecule has 0 aromatic rings. The Morgan fingerprint density at radius 3 is 1.87 bits per heavy atom. The van der Waals surface area contributed by atoms with Crippen LogP contribution in [0.5, 0.6) is 0 Å². The molecule has 6 heteroatoms. The zero-order valence-electron chi connectivity index (χ0n) is 25.4. The van der Waals surface area contributed by atoms with Crippen molar-refractivity contribution in [1.82, 2.24) is 0 Å². The SMILES string of the molecule is CCCCCCCCCCCCCC(=O)OC/C=C(\COC(C)=O)C(C/C=C(\C)C#CC=C(C)C)OC(C)=O. The Morgan fingerprint density at radius 1 is 0.744 bits per heavy atom. The number of rotatable bonds is 20. The molecule has 0 fully saturated rings. The third-order valence-electron chi connectivity index (χ3n) is 6.01. The number of unbranched alkanes of at least 4 members (excludes halogenated alkanes) is 10. The lowest BCUT2D eigenvalue weighted by Crippen LogP contribution is -2.23. The lowest BCUT2D eigenvalue weighted by Gasteiger charge is -2.19. The molecule has 1 atom stereocenters. The Morgan fingerprint density at radius 2 is 1.33 bits per heavy atom. The molecule has 0 aromatic heterocycles. The van der Waals surface area contributed by atoms with Gasteiger partial charge in [-0.3, -0.25) is 14.4 Å². The lowest BCUT2D eigenvalue weighted by molar-refractivity contribution is -0.146. The Kier molecular flexibility index (Phi) is 22.5. The molecule has 0 saturated heterocycles. The van der Waals surface area contributed by atoms with E-state index >= 15 is 0 Å². The van der Waals surface area contributed by atoms with Crippen molar-refractivity contribution in [3.63, 3.8) is 0 Å². The van der Waals surface area contributed by atoms with Crippen LogP contribution in [0.2, 0.25) is 0 Å². The van der Waals surface area contributed by atoms with E-state index in [0.717, 1.165) is 30.4 Å². The van der Waals surface area contributed by atoms with Crippen LogP contribution < -0.4 is 0 Å². The fraction of sp³-hybridized carbons (Fsp3) is 0.667. The average molecular weight is 545 g/mol. The molecule has 0 spiro atoms. The number of carbonyl (C=O) groups excluding carboxylic acids is 3. The molecule has 0 aliphatic carbocycles. The number of hydrogen-bond donors (Lipinski definition) is 0. The fourth-order valence-corrected chi connectivity index (χ4v) is 3.82. The van der Waals surface area contributed by atoms with Crippen LogP contribution in [-0.2, 0) is 28.6 Å². The van der Waals surface area contributed by atoms with Crippen LogP contribution in [-0.4, -0.2) is 37.2 Å². The first-order valence-corrected chi connectivity index (χ1v) is 14.6. The van der Waals surface area contributed by atoms with E-state index in [0.29, 0.717) is 18.4 Å². The second-order valence-corrected chi connectivity index (χ2v) is 10.2. The summed E-state index contributed by atoms with van der Waals surface area (Å²) in [5, 5.41) is 0. The predicted molar refractivity (Wildman–Crippen MR) is 158 cm³/mol. The highest BCUT2D eigenvalue weighted by Crippen LogP contribution is 2.16. The van der Waals surface area contributed by atoms with Gasteiger partial charge in [-0.1, -0.05) is 94.6 Å². The van der Waals surface area contributed by atoms with Gasteiger partial charge in [0.25, 0.3) is 0 Å². The molecule has 0 aromatic carbocycles. The summed E-state index contributed by atoms with van der Waals surface area (Å²) in [5.74, 6) is 4.85. The van der Waals surface area contributed by atoms with E-state index in [1.807, 2.05) is 32.9 Å². The molecule has 0 amide bonds. The maximum absolute atomic E-state index is 12.2. The summed E-state index contributed by atoms with van der Waals surface area (Å²) in [6.45, 7) is 10.7. The summed E-state index contributed by atoms with van der Waals surface area (Å²) < 4.78 is 16.1. The molecular weight excluding hydrogens is 492 g/mol. The van der Waals surface area contributed by atoms with Crippen molar-refractivity contribution in [2.75, 3.05) is 13.2 Å². The second kappa shape index (κ2) is 24.2. The third kappa shape index (κ3) is 24.0. The van der Waals surface area contributed by atoms with Gasteiger partial charge in [-0.2, -0.15) is 0 Å². The van der Waals surface area contributed by atoms with Crippen LogP contribution in [0.15, 0.2) is 34.9 Å². The summed E-state index contributed by atoms with van der Waals surface area (Å²) in [7, 11) is 0. The molecule has 0 rings (SSSR count). The van der Waals surface area contributed by atoms with Gasteiger partial charge >= 0.3 is 17.9 Å². The van der Waals surface area contributed by atoms with Crippen molar-refractivity contribution < 1.29 is 28.6 Å². The maximum Gasteiger partial charge on any atom is 0.306 e. The molecule has 220 valence electrons. The average Bonchev–Trinajstić information content (AvgIpc) is 2.86. The van der Waals surface area contributed by atoms with E-state index in [1.54, 1.807) is 6.08 Å². The van der Waals surface area contributed by atoms with Gasteiger partial charge in [0.2, 0.25) is 0 Å². The minimum absolute atomic E-state index is 0.0221. The first-order chi connectivity index (χ1) is 18.6. The van der Waals surface area contributed by atoms with Crippen LogP contribution in [0.25, 0.3) is 0 Å². The zero-order valence-corrected chi connectivity index (χ0v) is 25.4. The summed E-state index contributed by atoms with van der Waals surface area (Å²) in [5.41, 5.74) is 2.50. The van der Waals surface area contributed by atoms with Gasteiger partial charge in [-0.15, -0.1) is 0 Å². The zero-order chi connectivity index (χ0) is 29.3. The Balaban J connectivity index is 4.76. The van der Waals surface area contributed by atoms with Gasteiger partial charge in [0, 0.05) is 32.3 Å². The molecule has 1 unspecified atom stereocenters. The number of carbonyl (C=O) groups is 3. The van der Waals surface area contributed by atoms with Gasteiger partial charge < -0.3 is 14.2 Å². The molecule has 0 saturated carbocycles. The monoisotopic (exact) mass is 544 g/mol. The highest BCUT2D eigenvalue weighted by atomic mass is 16.6. The van der Waals surface area contributed by atoms with Crippen molar-refractivity contribution in [1.29, 1.82) is 0 Å². The smallest absolute Gasteiger partial charge is 0.306 e. The van der Waals surface area contributed by atoms with Crippen molar-refractivity contribution in [2.24, 2.45) is 0 Å². The molecule has 0 radical (unpaired) electrons. The second-order valence-electron chi connectivity index (χ2n) is 10.2. The molecule has 0 aliphatic rings. The van der Waals surface area contributed by atoms with Gasteiger partial charge in [0.15, 0.2) is 0 Å². The van der Waals surface area contributed by atoms with Gasteiger partial charge in [-0.05, 0) is 44.9 Å². The van der Waals surface area contributed by atoms with E-state index in [2.05, 4.69) is 18.8 Å². The maximum atomic E-state index is 12.2. The quantitative estimate of drug-likeness (QED) is 0.0509. The lowest BCUT2D eigenvalue weighted by atomic mass is 10.0. The van der Waals surface area contributed by atoms with Crippen LogP contribution in [0.1, 0.15) is 125 Å². The van der Waals surface area contributed by atoms with Crippen LogP contribution in [0, 0.1) is 11.8 Å². The largest absolute Gasteiger partial charge is 0.461 e. The summed E-state index contributed by atoms with van der Waals surface area (Å²) in [4.78, 5) is 35.4. The van der Waals surface area contributed by atoms with E-state index < -0.39 is 18.0 Å². The Labute approximate surface area is 237 Å². The van der Waals surface area contributed by atoms with E-state index in [9.17, 15) is 14.4 Å². The van der Waals surface area contributed by atoms with Crippen LogP contribution in [0.4, 0.5) is 0 Å². The minimum Gasteiger partial charge on any atom is -0.461 e. The number of allylic oxidation sites excluding steroid dienone is 3. The van der Waals surface area contributed by atoms with E-state index in [4.69, 9.17) is 14.2 Å². The molecule has 0 heterocycles. The number of ether oxygens (including phenoxy) is 3. The molecule has 0 aliphatic heterocycles. The van der Waals surface area contributed by atoms with Crippen LogP contribution in [0.3, 0.4) is 0 Å². The summed E-state index contributed by atoms with van der Waals surface area (Å²) in [6.07, 6.45) is 18.9. The number of hydrogen-bond acceptors (Lipinski definition) is 6. The van der Waals surface area contributed by atoms with Gasteiger partial charge in [-0.25, -0.2) is 0 Å². The van der Waals surface area contributed by atoms with Gasteiger partial charge in [0.1, 0.15) is 19.3 Å². The molecule has 0 N–H and O–H groups in total. The van der Waals surface area contributed by atoms with Crippen molar-refractivity contribution >= 4 is 17.9 Å². The topological polar surface area (TPSA) is 78.9 Å². The Bertz CT molecular complexity index is 864. The van der Waals surface area contributed by atoms with Crippen LogP contribution >= 0.6 is 0 Å². The Hall–Kier alpha value is -2.81. The number of esters is 3. The highest BCUT2D eigenvalue weighted by Gasteiger charge is 2.18. The molecule has 6 nitrogen and oxygen atoms in total. The highest BCUT2D eigenvalue weighted by molar-refractivity contribution is 5.69. The molecule has 39 heavy (non-hydrogen) atoms. The minimum atomic E-state index is -0.660. The normalized spacial score (nSPS) is 12.2. The van der Waals surface area contributed by atoms with E-state index in [-0.39, 0.29) is 19.2 Å². The summed E-state index contributed by atoms with van der Waals surface area (Å²) in [6, 6.07) is 0. The van der Waals surface area contributed by atoms with E-state index in [1.165, 1.54) is 65.2 Å². The molecule has 0 bridgehead atoms. The van der Waals surface area contributed by atoms with Gasteiger partial charge in [0.05, 0.1) is 0 Å². The standard InChI is InChI=1S/C33H52O6/c1-7-8-9-10-11-12-13-14-15-16-17-21-33(36)37-25-24-31(26-38-29(5)34)32(39-30(6)35)23-22-28(4)20-18-19-27(2)3/h19,22,24,32H,7-17,21,23,25-26H2,1-6H3/b28-22+,31-24+. The summed E-state index contributed by atoms with van der Waals surface area (Å²) >= 11 is 0. The fourth-order valence-electron chi connectivity index (χ4n) is 3.82. The first-order valence-electron chi connectivity index (χ1n) is 14.6. The molecular formula is C33H52O6. The van der Waals surface area contributed by atoms with Crippen molar-refractivity contribution in [3.05, 3.63) is 34.9 Å². The third-order valence-corrected chi connectivity index (χ3v) is 6.01. The van der Waals surface area contributed by atoms with Crippen molar-refractivity contribution in [2.45, 2.75) is 131 Å². The predicted octanol–water partition coefficient (Wildman–Crippen LogP) is 7.96.